The third kappa shape index (κ3) is 2.72. The van der Waals surface area contributed by atoms with Gasteiger partial charge in [-0.05, 0) is 55.2 Å². The van der Waals surface area contributed by atoms with Crippen molar-refractivity contribution in [3.63, 3.8) is 0 Å². The molecule has 1 aromatic carbocycles. The molecule has 28 heavy (non-hydrogen) atoms. The van der Waals surface area contributed by atoms with Gasteiger partial charge < -0.3 is 19.7 Å². The van der Waals surface area contributed by atoms with Crippen molar-refractivity contribution in [1.82, 2.24) is 10.2 Å². The van der Waals surface area contributed by atoms with E-state index in [1.165, 1.54) is 19.3 Å². The number of methoxy groups -OCH3 is 1. The number of amides is 2. The predicted molar refractivity (Wildman–Crippen MR) is 103 cm³/mol. The third-order valence-corrected chi connectivity index (χ3v) is 7.43. The van der Waals surface area contributed by atoms with Crippen LogP contribution in [0.2, 0.25) is 0 Å². The first-order chi connectivity index (χ1) is 13.5. The first-order valence-electron chi connectivity index (χ1n) is 10.4. The normalized spacial score (nSPS) is 29.9. The summed E-state index contributed by atoms with van der Waals surface area (Å²) in [6.45, 7) is 1.37. The van der Waals surface area contributed by atoms with Crippen molar-refractivity contribution in [3.05, 3.63) is 29.8 Å². The lowest BCUT2D eigenvalue weighted by atomic mass is 9.43. The standard InChI is InChI=1S/C22H28N2O4/c1-27-16-5-3-15(4-6-16)22(13-21(14-22)8-2-9-21)20(26)24-10-7-18-17(11-24)23-19(25)12-28-18/h3-6,17-18H,2,7-14H2,1H3,(H,23,25). The monoisotopic (exact) mass is 384 g/mol. The molecule has 2 saturated carbocycles. The zero-order chi connectivity index (χ0) is 19.4. The SMILES string of the molecule is COc1ccc(C2(C(=O)N3CCC4OCC(=O)NC4C3)CC3(CCC3)C2)cc1. The second-order valence-corrected chi connectivity index (χ2v) is 9.08. The summed E-state index contributed by atoms with van der Waals surface area (Å²) in [6, 6.07) is 7.93. The number of morpholine rings is 1. The average molecular weight is 384 g/mol. The Balaban J connectivity index is 1.39. The molecule has 2 heterocycles. The first kappa shape index (κ1) is 18.0. The van der Waals surface area contributed by atoms with Crippen molar-refractivity contribution in [3.8, 4) is 5.75 Å². The van der Waals surface area contributed by atoms with E-state index in [1.54, 1.807) is 7.11 Å². The van der Waals surface area contributed by atoms with Gasteiger partial charge in [0, 0.05) is 13.1 Å². The van der Waals surface area contributed by atoms with Crippen LogP contribution in [0.1, 0.15) is 44.1 Å². The molecule has 2 aliphatic heterocycles. The minimum atomic E-state index is -0.431. The number of carbonyl (C=O) groups excluding carboxylic acids is 2. The molecule has 6 nitrogen and oxygen atoms in total. The van der Waals surface area contributed by atoms with Gasteiger partial charge in [-0.15, -0.1) is 0 Å². The molecule has 1 aromatic rings. The molecule has 1 spiro atoms. The number of hydrogen-bond acceptors (Lipinski definition) is 4. The Morgan fingerprint density at radius 3 is 2.64 bits per heavy atom. The number of fused-ring (bicyclic) bond motifs is 1. The molecular weight excluding hydrogens is 356 g/mol. The summed E-state index contributed by atoms with van der Waals surface area (Å²) in [5, 5.41) is 3.01. The quantitative estimate of drug-likeness (QED) is 0.866. The average Bonchev–Trinajstić information content (AvgIpc) is 2.66. The Hall–Kier alpha value is -2.08. The second kappa shape index (κ2) is 6.48. The highest BCUT2D eigenvalue weighted by atomic mass is 16.5. The summed E-state index contributed by atoms with van der Waals surface area (Å²) in [5.74, 6) is 0.942. The van der Waals surface area contributed by atoms with E-state index in [2.05, 4.69) is 17.4 Å². The molecule has 2 aliphatic carbocycles. The van der Waals surface area contributed by atoms with Gasteiger partial charge in [0.05, 0.1) is 24.7 Å². The molecular formula is C22H28N2O4. The molecule has 0 aromatic heterocycles. The van der Waals surface area contributed by atoms with E-state index in [0.29, 0.717) is 18.5 Å². The van der Waals surface area contributed by atoms with Crippen LogP contribution in [0.4, 0.5) is 0 Å². The number of likely N-dealkylation sites (tertiary alicyclic amines) is 1. The van der Waals surface area contributed by atoms with Gasteiger partial charge in [0.1, 0.15) is 12.4 Å². The van der Waals surface area contributed by atoms with Crippen molar-refractivity contribution in [2.24, 2.45) is 5.41 Å². The highest BCUT2D eigenvalue weighted by Gasteiger charge is 2.62. The molecule has 2 amide bonds. The third-order valence-electron chi connectivity index (χ3n) is 7.43. The zero-order valence-electron chi connectivity index (χ0n) is 16.4. The zero-order valence-corrected chi connectivity index (χ0v) is 16.4. The van der Waals surface area contributed by atoms with Gasteiger partial charge in [0.15, 0.2) is 0 Å². The molecule has 2 saturated heterocycles. The summed E-state index contributed by atoms with van der Waals surface area (Å²) in [7, 11) is 1.66. The van der Waals surface area contributed by atoms with E-state index in [9.17, 15) is 9.59 Å². The minimum Gasteiger partial charge on any atom is -0.497 e. The van der Waals surface area contributed by atoms with E-state index >= 15 is 0 Å². The van der Waals surface area contributed by atoms with Crippen LogP contribution >= 0.6 is 0 Å². The molecule has 4 fully saturated rings. The van der Waals surface area contributed by atoms with Crippen LogP contribution in [0.25, 0.3) is 0 Å². The Morgan fingerprint density at radius 2 is 2.00 bits per heavy atom. The van der Waals surface area contributed by atoms with Crippen LogP contribution in [0.5, 0.6) is 5.75 Å². The number of rotatable bonds is 3. The fraction of sp³-hybridized carbons (Fsp3) is 0.636. The number of piperidine rings is 1. The maximum atomic E-state index is 13.8. The number of benzene rings is 1. The first-order valence-corrected chi connectivity index (χ1v) is 10.4. The number of ether oxygens (including phenoxy) is 2. The lowest BCUT2D eigenvalue weighted by Crippen LogP contribution is -2.66. The molecule has 1 N–H and O–H groups in total. The summed E-state index contributed by atoms with van der Waals surface area (Å²) in [4.78, 5) is 27.5. The van der Waals surface area contributed by atoms with Gasteiger partial charge in [0.25, 0.3) is 0 Å². The number of hydrogen-bond donors (Lipinski definition) is 1. The largest absolute Gasteiger partial charge is 0.497 e. The van der Waals surface area contributed by atoms with Crippen molar-refractivity contribution in [1.29, 1.82) is 0 Å². The Labute approximate surface area is 165 Å². The predicted octanol–water partition coefficient (Wildman–Crippen LogP) is 2.01. The smallest absolute Gasteiger partial charge is 0.246 e. The molecule has 0 radical (unpaired) electrons. The van der Waals surface area contributed by atoms with E-state index in [1.807, 2.05) is 17.0 Å². The number of carbonyl (C=O) groups is 2. The summed E-state index contributed by atoms with van der Waals surface area (Å²) in [6.07, 6.45) is 6.46. The van der Waals surface area contributed by atoms with Crippen molar-refractivity contribution >= 4 is 11.8 Å². The highest BCUT2D eigenvalue weighted by Crippen LogP contribution is 2.65. The van der Waals surface area contributed by atoms with Crippen LogP contribution in [0.15, 0.2) is 24.3 Å². The molecule has 6 heteroatoms. The van der Waals surface area contributed by atoms with Gasteiger partial charge >= 0.3 is 0 Å². The summed E-state index contributed by atoms with van der Waals surface area (Å²) < 4.78 is 11.0. The van der Waals surface area contributed by atoms with Crippen molar-refractivity contribution in [2.75, 3.05) is 26.8 Å². The summed E-state index contributed by atoms with van der Waals surface area (Å²) in [5.41, 5.74) is 1.04. The van der Waals surface area contributed by atoms with E-state index in [-0.39, 0.29) is 30.6 Å². The Morgan fingerprint density at radius 1 is 1.25 bits per heavy atom. The summed E-state index contributed by atoms with van der Waals surface area (Å²) >= 11 is 0. The van der Waals surface area contributed by atoms with Crippen LogP contribution in [0, 0.1) is 5.41 Å². The fourth-order valence-corrected chi connectivity index (χ4v) is 5.83. The molecule has 5 rings (SSSR count). The Bertz CT molecular complexity index is 778. The van der Waals surface area contributed by atoms with Crippen LogP contribution in [-0.4, -0.2) is 55.7 Å². The van der Waals surface area contributed by atoms with Gasteiger partial charge in [-0.25, -0.2) is 0 Å². The van der Waals surface area contributed by atoms with E-state index < -0.39 is 5.41 Å². The van der Waals surface area contributed by atoms with Crippen molar-refractivity contribution < 1.29 is 19.1 Å². The molecule has 0 bridgehead atoms. The lowest BCUT2D eigenvalue weighted by molar-refractivity contribution is -0.160. The maximum Gasteiger partial charge on any atom is 0.246 e. The second-order valence-electron chi connectivity index (χ2n) is 9.08. The molecule has 2 unspecified atom stereocenters. The van der Waals surface area contributed by atoms with Gasteiger partial charge in [-0.2, -0.15) is 0 Å². The van der Waals surface area contributed by atoms with E-state index in [0.717, 1.165) is 30.6 Å². The fourth-order valence-electron chi connectivity index (χ4n) is 5.83. The van der Waals surface area contributed by atoms with Crippen molar-refractivity contribution in [2.45, 2.75) is 56.1 Å². The highest BCUT2D eigenvalue weighted by molar-refractivity contribution is 5.90. The van der Waals surface area contributed by atoms with Crippen LogP contribution < -0.4 is 10.1 Å². The minimum absolute atomic E-state index is 0.0260. The number of nitrogens with zero attached hydrogens (tertiary/aromatic N) is 1. The molecule has 2 atom stereocenters. The topological polar surface area (TPSA) is 67.9 Å². The van der Waals surface area contributed by atoms with Gasteiger partial charge in [0.2, 0.25) is 11.8 Å². The van der Waals surface area contributed by atoms with E-state index in [4.69, 9.17) is 9.47 Å². The van der Waals surface area contributed by atoms with Crippen LogP contribution in [-0.2, 0) is 19.7 Å². The van der Waals surface area contributed by atoms with Gasteiger partial charge in [-0.1, -0.05) is 18.6 Å². The Kier molecular flexibility index (Phi) is 4.16. The molecule has 150 valence electrons. The lowest BCUT2D eigenvalue weighted by Gasteiger charge is -2.61. The van der Waals surface area contributed by atoms with Gasteiger partial charge in [-0.3, -0.25) is 9.59 Å². The maximum absolute atomic E-state index is 13.8. The van der Waals surface area contributed by atoms with Crippen LogP contribution in [0.3, 0.4) is 0 Å². The number of nitrogens with one attached hydrogen (secondary N) is 1. The molecule has 4 aliphatic rings.